The minimum Gasteiger partial charge on any atom is -0.508 e. The van der Waals surface area contributed by atoms with Gasteiger partial charge in [0, 0.05) is 12.7 Å². The monoisotopic (exact) mass is 253 g/mol. The van der Waals surface area contributed by atoms with E-state index in [9.17, 15) is 9.18 Å². The zero-order chi connectivity index (χ0) is 13.1. The zero-order valence-electron chi connectivity index (χ0n) is 10.1. The molecule has 1 aliphatic rings. The number of phenols is 1. The number of halogens is 1. The van der Waals surface area contributed by atoms with E-state index in [4.69, 9.17) is 9.84 Å². The Morgan fingerprint density at radius 2 is 2.39 bits per heavy atom. The first-order valence-corrected chi connectivity index (χ1v) is 6.02. The third-order valence-electron chi connectivity index (χ3n) is 3.16. The highest BCUT2D eigenvalue weighted by Crippen LogP contribution is 2.26. The molecule has 0 saturated carbocycles. The summed E-state index contributed by atoms with van der Waals surface area (Å²) < 4.78 is 18.9. The number of carbonyl (C=O) groups is 1. The van der Waals surface area contributed by atoms with Crippen LogP contribution < -0.4 is 5.32 Å². The number of hydrogen-bond acceptors (Lipinski definition) is 3. The molecular formula is C13H16FNO3. The van der Waals surface area contributed by atoms with Gasteiger partial charge in [-0.25, -0.2) is 4.39 Å². The van der Waals surface area contributed by atoms with Crippen molar-refractivity contribution in [1.82, 2.24) is 0 Å². The van der Waals surface area contributed by atoms with Gasteiger partial charge < -0.3 is 15.2 Å². The van der Waals surface area contributed by atoms with Crippen molar-refractivity contribution in [3.8, 4) is 5.75 Å². The molecule has 0 aliphatic carbocycles. The van der Waals surface area contributed by atoms with Crippen LogP contribution in [0.3, 0.4) is 0 Å². The van der Waals surface area contributed by atoms with Crippen molar-refractivity contribution in [1.29, 1.82) is 0 Å². The Morgan fingerprint density at radius 3 is 3.06 bits per heavy atom. The van der Waals surface area contributed by atoms with E-state index in [2.05, 4.69) is 5.32 Å². The Balaban J connectivity index is 2.07. The van der Waals surface area contributed by atoms with Crippen molar-refractivity contribution < 1.29 is 19.0 Å². The number of nitrogens with one attached hydrogen (secondary N) is 1. The molecule has 1 aliphatic heterocycles. The summed E-state index contributed by atoms with van der Waals surface area (Å²) in [5.74, 6) is -1.27. The number of ether oxygens (including phenoxy) is 1. The van der Waals surface area contributed by atoms with Crippen molar-refractivity contribution in [2.24, 2.45) is 5.92 Å². The van der Waals surface area contributed by atoms with Gasteiger partial charge in [-0.2, -0.15) is 0 Å². The Morgan fingerprint density at radius 1 is 1.61 bits per heavy atom. The minimum atomic E-state index is -0.643. The number of hydrogen-bond donors (Lipinski definition) is 2. The molecule has 1 aromatic rings. The fraction of sp³-hybridized carbons (Fsp3) is 0.462. The molecular weight excluding hydrogens is 237 g/mol. The van der Waals surface area contributed by atoms with Crippen molar-refractivity contribution in [2.45, 2.75) is 25.9 Å². The predicted molar refractivity (Wildman–Crippen MR) is 64.8 cm³/mol. The van der Waals surface area contributed by atoms with E-state index in [1.165, 1.54) is 12.1 Å². The predicted octanol–water partition coefficient (Wildman–Crippen LogP) is 2.28. The molecule has 1 fully saturated rings. The van der Waals surface area contributed by atoms with Gasteiger partial charge in [0.15, 0.2) is 0 Å². The highest BCUT2D eigenvalue weighted by Gasteiger charge is 2.33. The van der Waals surface area contributed by atoms with Gasteiger partial charge in [-0.05, 0) is 25.0 Å². The van der Waals surface area contributed by atoms with Gasteiger partial charge in [-0.15, -0.1) is 0 Å². The van der Waals surface area contributed by atoms with Gasteiger partial charge in [0.1, 0.15) is 11.6 Å². The number of aromatic hydroxyl groups is 1. The molecule has 1 aromatic carbocycles. The summed E-state index contributed by atoms with van der Waals surface area (Å²) in [6.07, 6.45) is 1.32. The van der Waals surface area contributed by atoms with E-state index in [1.807, 2.05) is 6.92 Å². The molecule has 2 atom stereocenters. The molecule has 0 radical (unpaired) electrons. The summed E-state index contributed by atoms with van der Waals surface area (Å²) in [7, 11) is 0. The molecule has 98 valence electrons. The molecule has 0 aromatic heterocycles. The molecule has 0 bridgehead atoms. The van der Waals surface area contributed by atoms with Gasteiger partial charge in [0.05, 0.1) is 17.7 Å². The molecule has 2 rings (SSSR count). The molecule has 2 N–H and O–H groups in total. The topological polar surface area (TPSA) is 58.6 Å². The third kappa shape index (κ3) is 2.61. The van der Waals surface area contributed by atoms with Crippen LogP contribution in [0.2, 0.25) is 0 Å². The van der Waals surface area contributed by atoms with E-state index >= 15 is 0 Å². The molecule has 0 spiro atoms. The summed E-state index contributed by atoms with van der Waals surface area (Å²) in [4.78, 5) is 12.0. The van der Waals surface area contributed by atoms with Crippen LogP contribution in [0.4, 0.5) is 10.1 Å². The van der Waals surface area contributed by atoms with Crippen LogP contribution in [0.15, 0.2) is 18.2 Å². The molecule has 18 heavy (non-hydrogen) atoms. The van der Waals surface area contributed by atoms with Crippen LogP contribution in [0.5, 0.6) is 5.75 Å². The van der Waals surface area contributed by atoms with Gasteiger partial charge in [0.25, 0.3) is 0 Å². The van der Waals surface area contributed by atoms with Crippen LogP contribution in [-0.2, 0) is 9.53 Å². The fourth-order valence-electron chi connectivity index (χ4n) is 2.18. The minimum absolute atomic E-state index is 0.0829. The van der Waals surface area contributed by atoms with Gasteiger partial charge >= 0.3 is 0 Å². The number of rotatable bonds is 3. The van der Waals surface area contributed by atoms with Crippen molar-refractivity contribution >= 4 is 11.6 Å². The number of phenolic OH excluding ortho intramolecular Hbond substituents is 1. The Kier molecular flexibility index (Phi) is 3.81. The summed E-state index contributed by atoms with van der Waals surface area (Å²) in [5.41, 5.74) is 0.0829. The zero-order valence-corrected chi connectivity index (χ0v) is 10.1. The Bertz CT molecular complexity index is 450. The molecule has 2 unspecified atom stereocenters. The number of anilines is 1. The fourth-order valence-corrected chi connectivity index (χ4v) is 2.18. The quantitative estimate of drug-likeness (QED) is 0.812. The van der Waals surface area contributed by atoms with Crippen LogP contribution >= 0.6 is 0 Å². The maximum Gasteiger partial charge on any atom is 0.230 e. The van der Waals surface area contributed by atoms with E-state index in [0.717, 1.165) is 12.5 Å². The van der Waals surface area contributed by atoms with Crippen LogP contribution in [0, 0.1) is 11.7 Å². The van der Waals surface area contributed by atoms with Gasteiger partial charge in [-0.1, -0.05) is 6.92 Å². The van der Waals surface area contributed by atoms with Crippen LogP contribution in [0.25, 0.3) is 0 Å². The molecule has 5 heteroatoms. The second-order valence-electron chi connectivity index (χ2n) is 4.37. The van der Waals surface area contributed by atoms with E-state index in [0.29, 0.717) is 13.0 Å². The van der Waals surface area contributed by atoms with Crippen molar-refractivity contribution in [3.63, 3.8) is 0 Å². The highest BCUT2D eigenvalue weighted by molar-refractivity contribution is 5.93. The SMILES string of the molecule is CCC1OCCC1C(=O)Nc1ccc(O)cc1F. The molecule has 4 nitrogen and oxygen atoms in total. The van der Waals surface area contributed by atoms with Gasteiger partial charge in [0.2, 0.25) is 5.91 Å². The normalized spacial score (nSPS) is 23.0. The largest absolute Gasteiger partial charge is 0.508 e. The maximum atomic E-state index is 13.5. The lowest BCUT2D eigenvalue weighted by atomic mass is 9.98. The highest BCUT2D eigenvalue weighted by atomic mass is 19.1. The van der Waals surface area contributed by atoms with Crippen LogP contribution in [0.1, 0.15) is 19.8 Å². The first-order chi connectivity index (χ1) is 8.61. The standard InChI is InChI=1S/C13H16FNO3/c1-2-12-9(5-6-18-12)13(17)15-11-4-3-8(16)7-10(11)14/h3-4,7,9,12,16H,2,5-6H2,1H3,(H,15,17). The van der Waals surface area contributed by atoms with E-state index in [-0.39, 0.29) is 29.4 Å². The van der Waals surface area contributed by atoms with E-state index in [1.54, 1.807) is 0 Å². The first-order valence-electron chi connectivity index (χ1n) is 6.02. The molecule has 1 heterocycles. The Hall–Kier alpha value is -1.62. The number of amides is 1. The smallest absolute Gasteiger partial charge is 0.230 e. The number of benzene rings is 1. The number of carbonyl (C=O) groups excluding carboxylic acids is 1. The lowest BCUT2D eigenvalue weighted by Crippen LogP contribution is -2.29. The second-order valence-corrected chi connectivity index (χ2v) is 4.37. The first kappa shape index (κ1) is 12.8. The summed E-state index contributed by atoms with van der Waals surface area (Å²) in [6, 6.07) is 3.65. The average Bonchev–Trinajstić information content (AvgIpc) is 2.81. The average molecular weight is 253 g/mol. The van der Waals surface area contributed by atoms with Crippen molar-refractivity contribution in [2.75, 3.05) is 11.9 Å². The van der Waals surface area contributed by atoms with Gasteiger partial charge in [-0.3, -0.25) is 4.79 Å². The second kappa shape index (κ2) is 5.35. The summed E-state index contributed by atoms with van der Waals surface area (Å²) in [6.45, 7) is 2.52. The van der Waals surface area contributed by atoms with Crippen molar-refractivity contribution in [3.05, 3.63) is 24.0 Å². The third-order valence-corrected chi connectivity index (χ3v) is 3.16. The van der Waals surface area contributed by atoms with E-state index < -0.39 is 5.82 Å². The Labute approximate surface area is 105 Å². The molecule has 1 amide bonds. The summed E-state index contributed by atoms with van der Waals surface area (Å²) >= 11 is 0. The lowest BCUT2D eigenvalue weighted by molar-refractivity contribution is -0.121. The lowest BCUT2D eigenvalue weighted by Gasteiger charge is -2.16. The summed E-state index contributed by atoms with van der Waals surface area (Å²) in [5, 5.41) is 11.6. The van der Waals surface area contributed by atoms with Crippen LogP contribution in [-0.4, -0.2) is 23.7 Å². The molecule has 1 saturated heterocycles. The maximum absolute atomic E-state index is 13.5.